The Hall–Kier alpha value is -2.36. The van der Waals surface area contributed by atoms with Gasteiger partial charge in [0.05, 0.1) is 24.5 Å². The lowest BCUT2D eigenvalue weighted by Crippen LogP contribution is -2.22. The molecule has 100 valence electrons. The van der Waals surface area contributed by atoms with Gasteiger partial charge in [-0.3, -0.25) is 9.98 Å². The van der Waals surface area contributed by atoms with E-state index in [1.807, 2.05) is 0 Å². The van der Waals surface area contributed by atoms with E-state index in [0.717, 1.165) is 22.6 Å². The molecule has 1 heterocycles. The van der Waals surface area contributed by atoms with E-state index in [2.05, 4.69) is 9.98 Å². The van der Waals surface area contributed by atoms with Gasteiger partial charge in [-0.2, -0.15) is 0 Å². The normalized spacial score (nSPS) is 14.7. The van der Waals surface area contributed by atoms with Crippen molar-refractivity contribution in [3.63, 3.8) is 0 Å². The highest BCUT2D eigenvalue weighted by Crippen LogP contribution is 2.14. The Kier molecular flexibility index (Phi) is 3.37. The SMILES string of the molecule is Fc1ccc(C2=NCCN=C2c2ccc(F)cc2)cc1. The van der Waals surface area contributed by atoms with E-state index >= 15 is 0 Å². The summed E-state index contributed by atoms with van der Waals surface area (Å²) in [5.41, 5.74) is 3.08. The quantitative estimate of drug-likeness (QED) is 0.800. The summed E-state index contributed by atoms with van der Waals surface area (Å²) in [6, 6.07) is 12.3. The van der Waals surface area contributed by atoms with Crippen LogP contribution in [-0.4, -0.2) is 24.5 Å². The van der Waals surface area contributed by atoms with Crippen molar-refractivity contribution in [3.8, 4) is 0 Å². The molecule has 0 fully saturated rings. The van der Waals surface area contributed by atoms with Crippen molar-refractivity contribution in [3.05, 3.63) is 71.3 Å². The van der Waals surface area contributed by atoms with Crippen LogP contribution in [0.5, 0.6) is 0 Å². The molecular formula is C16H12F2N2. The van der Waals surface area contributed by atoms with Crippen LogP contribution in [0.15, 0.2) is 58.5 Å². The lowest BCUT2D eigenvalue weighted by atomic mass is 9.98. The van der Waals surface area contributed by atoms with Crippen LogP contribution < -0.4 is 0 Å². The van der Waals surface area contributed by atoms with E-state index in [9.17, 15) is 8.78 Å². The molecule has 0 unspecified atom stereocenters. The van der Waals surface area contributed by atoms with Gasteiger partial charge in [-0.15, -0.1) is 0 Å². The van der Waals surface area contributed by atoms with Crippen LogP contribution in [0.3, 0.4) is 0 Å². The van der Waals surface area contributed by atoms with Crippen molar-refractivity contribution < 1.29 is 8.78 Å². The van der Waals surface area contributed by atoms with Gasteiger partial charge in [-0.25, -0.2) is 8.78 Å². The topological polar surface area (TPSA) is 24.7 Å². The van der Waals surface area contributed by atoms with Crippen molar-refractivity contribution in [2.24, 2.45) is 9.98 Å². The zero-order valence-corrected chi connectivity index (χ0v) is 10.7. The minimum absolute atomic E-state index is 0.287. The predicted octanol–water partition coefficient (Wildman–Crippen LogP) is 3.26. The Bertz CT molecular complexity index is 609. The molecule has 0 aliphatic carbocycles. The smallest absolute Gasteiger partial charge is 0.123 e. The Morgan fingerprint density at radius 2 is 0.950 bits per heavy atom. The third-order valence-electron chi connectivity index (χ3n) is 3.10. The number of nitrogens with zero attached hydrogens (tertiary/aromatic N) is 2. The first-order chi connectivity index (χ1) is 9.74. The molecule has 20 heavy (non-hydrogen) atoms. The van der Waals surface area contributed by atoms with Crippen LogP contribution in [0.4, 0.5) is 8.78 Å². The first-order valence-electron chi connectivity index (χ1n) is 6.35. The fraction of sp³-hybridized carbons (Fsp3) is 0.125. The lowest BCUT2D eigenvalue weighted by molar-refractivity contribution is 0.627. The molecule has 2 aromatic rings. The third-order valence-corrected chi connectivity index (χ3v) is 3.10. The minimum atomic E-state index is -0.287. The number of halogens is 2. The Labute approximate surface area is 115 Å². The molecule has 2 nitrogen and oxygen atoms in total. The van der Waals surface area contributed by atoms with E-state index in [1.54, 1.807) is 24.3 Å². The van der Waals surface area contributed by atoms with Crippen molar-refractivity contribution in [1.82, 2.24) is 0 Å². The molecule has 0 bridgehead atoms. The minimum Gasteiger partial charge on any atom is -0.281 e. The maximum atomic E-state index is 13.0. The highest BCUT2D eigenvalue weighted by atomic mass is 19.1. The molecule has 0 aromatic heterocycles. The lowest BCUT2D eigenvalue weighted by Gasteiger charge is -2.15. The molecule has 1 aliphatic rings. The van der Waals surface area contributed by atoms with Crippen LogP contribution in [0.1, 0.15) is 11.1 Å². The number of hydrogen-bond donors (Lipinski definition) is 0. The Morgan fingerprint density at radius 1 is 0.600 bits per heavy atom. The molecule has 2 aromatic carbocycles. The number of benzene rings is 2. The number of rotatable bonds is 2. The summed E-state index contributed by atoms with van der Waals surface area (Å²) < 4.78 is 26.0. The van der Waals surface area contributed by atoms with E-state index in [-0.39, 0.29) is 11.6 Å². The maximum Gasteiger partial charge on any atom is 0.123 e. The van der Waals surface area contributed by atoms with E-state index < -0.39 is 0 Å². The molecule has 1 aliphatic heterocycles. The summed E-state index contributed by atoms with van der Waals surface area (Å²) in [5.74, 6) is -0.573. The number of hydrogen-bond acceptors (Lipinski definition) is 2. The molecular weight excluding hydrogens is 258 g/mol. The maximum absolute atomic E-state index is 13.0. The average Bonchev–Trinajstić information content (AvgIpc) is 2.49. The third kappa shape index (κ3) is 2.50. The summed E-state index contributed by atoms with van der Waals surface area (Å²) in [5, 5.41) is 0. The molecule has 0 saturated heterocycles. The van der Waals surface area contributed by atoms with Gasteiger partial charge < -0.3 is 0 Å². The van der Waals surface area contributed by atoms with Crippen LogP contribution >= 0.6 is 0 Å². The molecule has 4 heteroatoms. The van der Waals surface area contributed by atoms with Crippen molar-refractivity contribution >= 4 is 11.4 Å². The van der Waals surface area contributed by atoms with Crippen LogP contribution in [-0.2, 0) is 0 Å². The summed E-state index contributed by atoms with van der Waals surface area (Å²) in [6.45, 7) is 1.22. The van der Waals surface area contributed by atoms with Crippen LogP contribution in [0.25, 0.3) is 0 Å². The van der Waals surface area contributed by atoms with Gasteiger partial charge in [0.15, 0.2) is 0 Å². The zero-order chi connectivity index (χ0) is 13.9. The van der Waals surface area contributed by atoms with Gasteiger partial charge in [0.2, 0.25) is 0 Å². The predicted molar refractivity (Wildman–Crippen MR) is 75.6 cm³/mol. The van der Waals surface area contributed by atoms with Crippen LogP contribution in [0.2, 0.25) is 0 Å². The van der Waals surface area contributed by atoms with Gasteiger partial charge in [-0.1, -0.05) is 0 Å². The van der Waals surface area contributed by atoms with Gasteiger partial charge in [0.1, 0.15) is 11.6 Å². The van der Waals surface area contributed by atoms with Crippen molar-refractivity contribution in [2.45, 2.75) is 0 Å². The standard InChI is InChI=1S/C16H12F2N2/c17-13-5-1-11(2-6-13)15-16(20-10-9-19-15)12-3-7-14(18)8-4-12/h1-8H,9-10H2. The largest absolute Gasteiger partial charge is 0.281 e. The fourth-order valence-electron chi connectivity index (χ4n) is 2.14. The molecule has 0 amide bonds. The first-order valence-corrected chi connectivity index (χ1v) is 6.35. The fourth-order valence-corrected chi connectivity index (χ4v) is 2.14. The summed E-state index contributed by atoms with van der Waals surface area (Å²) in [6.07, 6.45) is 0. The highest BCUT2D eigenvalue weighted by molar-refractivity contribution is 6.53. The molecule has 3 rings (SSSR count). The van der Waals surface area contributed by atoms with Gasteiger partial charge in [0.25, 0.3) is 0 Å². The Morgan fingerprint density at radius 3 is 1.30 bits per heavy atom. The summed E-state index contributed by atoms with van der Waals surface area (Å²) in [4.78, 5) is 8.96. The molecule has 0 atom stereocenters. The van der Waals surface area contributed by atoms with E-state index in [4.69, 9.17) is 0 Å². The van der Waals surface area contributed by atoms with Crippen LogP contribution in [0, 0.1) is 11.6 Å². The average molecular weight is 270 g/mol. The summed E-state index contributed by atoms with van der Waals surface area (Å²) in [7, 11) is 0. The molecule has 0 spiro atoms. The second-order valence-corrected chi connectivity index (χ2v) is 4.47. The molecule has 0 saturated carbocycles. The second kappa shape index (κ2) is 5.33. The number of aliphatic imine (C=N–C) groups is 2. The first kappa shape index (κ1) is 12.7. The summed E-state index contributed by atoms with van der Waals surface area (Å²) >= 11 is 0. The Balaban J connectivity index is 2.01. The van der Waals surface area contributed by atoms with Gasteiger partial charge in [0, 0.05) is 11.1 Å². The van der Waals surface area contributed by atoms with E-state index in [1.165, 1.54) is 24.3 Å². The molecule has 0 N–H and O–H groups in total. The zero-order valence-electron chi connectivity index (χ0n) is 10.7. The second-order valence-electron chi connectivity index (χ2n) is 4.47. The monoisotopic (exact) mass is 270 g/mol. The molecule has 0 radical (unpaired) electrons. The van der Waals surface area contributed by atoms with Crippen molar-refractivity contribution in [1.29, 1.82) is 0 Å². The van der Waals surface area contributed by atoms with Gasteiger partial charge >= 0.3 is 0 Å². The highest BCUT2D eigenvalue weighted by Gasteiger charge is 2.16. The van der Waals surface area contributed by atoms with Gasteiger partial charge in [-0.05, 0) is 48.5 Å². The van der Waals surface area contributed by atoms with Crippen molar-refractivity contribution in [2.75, 3.05) is 13.1 Å². The van der Waals surface area contributed by atoms with E-state index in [0.29, 0.717) is 13.1 Å².